The van der Waals surface area contributed by atoms with Crippen LogP contribution in [0.25, 0.3) is 6.08 Å². The Morgan fingerprint density at radius 2 is 1.88 bits per heavy atom. The Bertz CT molecular complexity index is 1320. The van der Waals surface area contributed by atoms with E-state index in [0.29, 0.717) is 42.3 Å². The van der Waals surface area contributed by atoms with E-state index in [0.717, 1.165) is 11.1 Å². The largest absolute Gasteiger partial charge is 0.493 e. The number of ether oxygens (including phenoxy) is 2. The number of nitrogens with zero attached hydrogens (tertiary/aromatic N) is 1. The Balaban J connectivity index is 1.83. The predicted molar refractivity (Wildman–Crippen MR) is 140 cm³/mol. The smallest absolute Gasteiger partial charge is 0.266 e. The maximum absolute atomic E-state index is 12.7. The first-order chi connectivity index (χ1) is 16.2. The van der Waals surface area contributed by atoms with E-state index < -0.39 is 5.91 Å². The number of hydrogen-bond acceptors (Lipinski definition) is 4. The van der Waals surface area contributed by atoms with E-state index in [2.05, 4.69) is 21.2 Å². The highest BCUT2D eigenvalue weighted by Crippen LogP contribution is 2.38. The van der Waals surface area contributed by atoms with Gasteiger partial charge in [-0.3, -0.25) is 4.79 Å². The van der Waals surface area contributed by atoms with E-state index in [1.54, 1.807) is 42.5 Å². The van der Waals surface area contributed by atoms with E-state index >= 15 is 0 Å². The number of nitrogens with one attached hydrogen (secondary N) is 1. The standard InChI is InChI=1S/C25H18BrCl3N2O3/c1-14-3-5-18(27)11-22(14)31-25(32)17(12-30)7-16-8-19(26)24(23(10-16)33-2)34-13-15-4-6-20(28)21(29)9-15/h3-11H,13H2,1-2H3,(H,31,32)/b17-7+. The van der Waals surface area contributed by atoms with Gasteiger partial charge >= 0.3 is 0 Å². The van der Waals surface area contributed by atoms with Gasteiger partial charge in [-0.1, -0.05) is 46.9 Å². The van der Waals surface area contributed by atoms with Gasteiger partial charge in [0.1, 0.15) is 18.2 Å². The zero-order chi connectivity index (χ0) is 24.8. The highest BCUT2D eigenvalue weighted by atomic mass is 79.9. The summed E-state index contributed by atoms with van der Waals surface area (Å²) in [6.07, 6.45) is 1.46. The van der Waals surface area contributed by atoms with Gasteiger partial charge < -0.3 is 14.8 Å². The molecule has 0 atom stereocenters. The van der Waals surface area contributed by atoms with Crippen LogP contribution in [-0.2, 0) is 11.4 Å². The maximum Gasteiger partial charge on any atom is 0.266 e. The normalized spacial score (nSPS) is 11.0. The van der Waals surface area contributed by atoms with Gasteiger partial charge in [0.05, 0.1) is 21.6 Å². The molecule has 1 N–H and O–H groups in total. The first-order valence-corrected chi connectivity index (χ1v) is 11.8. The molecular weight excluding hydrogens is 563 g/mol. The van der Waals surface area contributed by atoms with Crippen LogP contribution in [0.15, 0.2) is 58.6 Å². The Morgan fingerprint density at radius 1 is 1.12 bits per heavy atom. The zero-order valence-electron chi connectivity index (χ0n) is 18.1. The van der Waals surface area contributed by atoms with Gasteiger partial charge in [-0.05, 0) is 82.0 Å². The fraction of sp³-hybridized carbons (Fsp3) is 0.120. The molecule has 1 amide bonds. The van der Waals surface area contributed by atoms with Crippen LogP contribution >= 0.6 is 50.7 Å². The van der Waals surface area contributed by atoms with E-state index in [-0.39, 0.29) is 12.2 Å². The van der Waals surface area contributed by atoms with Crippen molar-refractivity contribution in [3.05, 3.63) is 90.3 Å². The van der Waals surface area contributed by atoms with Crippen molar-refractivity contribution in [2.75, 3.05) is 12.4 Å². The van der Waals surface area contributed by atoms with Crippen LogP contribution in [0, 0.1) is 18.3 Å². The highest BCUT2D eigenvalue weighted by molar-refractivity contribution is 9.10. The molecule has 0 heterocycles. The summed E-state index contributed by atoms with van der Waals surface area (Å²) in [6.45, 7) is 2.06. The van der Waals surface area contributed by atoms with Crippen LogP contribution in [0.4, 0.5) is 5.69 Å². The molecule has 174 valence electrons. The number of amides is 1. The van der Waals surface area contributed by atoms with Crippen LogP contribution < -0.4 is 14.8 Å². The van der Waals surface area contributed by atoms with Crippen molar-refractivity contribution in [3.63, 3.8) is 0 Å². The SMILES string of the molecule is COc1cc(/C=C(\C#N)C(=O)Nc2cc(Cl)ccc2C)cc(Br)c1OCc1ccc(Cl)c(Cl)c1. The second kappa shape index (κ2) is 11.6. The minimum atomic E-state index is -0.553. The third kappa shape index (κ3) is 6.46. The third-order valence-corrected chi connectivity index (χ3v) is 6.31. The van der Waals surface area contributed by atoms with Crippen molar-refractivity contribution in [2.45, 2.75) is 13.5 Å². The van der Waals surface area contributed by atoms with Crippen LogP contribution in [-0.4, -0.2) is 13.0 Å². The third-order valence-electron chi connectivity index (χ3n) is 4.74. The maximum atomic E-state index is 12.7. The molecule has 0 aliphatic heterocycles. The summed E-state index contributed by atoms with van der Waals surface area (Å²) in [5.74, 6) is 0.329. The fourth-order valence-electron chi connectivity index (χ4n) is 2.98. The summed E-state index contributed by atoms with van der Waals surface area (Å²) in [7, 11) is 1.50. The second-order valence-electron chi connectivity index (χ2n) is 7.15. The number of rotatable bonds is 7. The number of aryl methyl sites for hydroxylation is 1. The molecule has 34 heavy (non-hydrogen) atoms. The lowest BCUT2D eigenvalue weighted by Gasteiger charge is -2.14. The lowest BCUT2D eigenvalue weighted by atomic mass is 10.1. The molecule has 0 unspecified atom stereocenters. The molecule has 0 saturated heterocycles. The van der Waals surface area contributed by atoms with Gasteiger partial charge in [0.15, 0.2) is 11.5 Å². The molecular formula is C25H18BrCl3N2O3. The average Bonchev–Trinajstić information content (AvgIpc) is 2.80. The Labute approximate surface area is 221 Å². The van der Waals surface area contributed by atoms with Gasteiger partial charge in [0, 0.05) is 10.7 Å². The fourth-order valence-corrected chi connectivity index (χ4v) is 4.05. The molecule has 0 radical (unpaired) electrons. The van der Waals surface area contributed by atoms with E-state index in [1.165, 1.54) is 13.2 Å². The van der Waals surface area contributed by atoms with E-state index in [9.17, 15) is 10.1 Å². The van der Waals surface area contributed by atoms with Crippen molar-refractivity contribution in [1.82, 2.24) is 0 Å². The molecule has 3 aromatic carbocycles. The first kappa shape index (κ1) is 25.9. The molecule has 0 bridgehead atoms. The summed E-state index contributed by atoms with van der Waals surface area (Å²) >= 11 is 21.5. The van der Waals surface area contributed by atoms with Crippen LogP contribution in [0.3, 0.4) is 0 Å². The quantitative estimate of drug-likeness (QED) is 0.228. The summed E-state index contributed by atoms with van der Waals surface area (Å²) < 4.78 is 12.0. The van der Waals surface area contributed by atoms with Crippen molar-refractivity contribution < 1.29 is 14.3 Å². The van der Waals surface area contributed by atoms with E-state index in [1.807, 2.05) is 19.1 Å². The summed E-state index contributed by atoms with van der Waals surface area (Å²) in [5.41, 5.74) is 2.66. The molecule has 0 aliphatic carbocycles. The molecule has 0 aromatic heterocycles. The Hall–Kier alpha value is -2.69. The summed E-state index contributed by atoms with van der Waals surface area (Å²) in [5, 5.41) is 13.7. The molecule has 0 fully saturated rings. The summed E-state index contributed by atoms with van der Waals surface area (Å²) in [4.78, 5) is 12.7. The monoisotopic (exact) mass is 578 g/mol. The average molecular weight is 581 g/mol. The van der Waals surface area contributed by atoms with Crippen molar-refractivity contribution in [2.24, 2.45) is 0 Å². The summed E-state index contributed by atoms with van der Waals surface area (Å²) in [6, 6.07) is 15.7. The number of hydrogen-bond donors (Lipinski definition) is 1. The van der Waals surface area contributed by atoms with Gasteiger partial charge in [-0.15, -0.1) is 0 Å². The molecule has 3 aromatic rings. The molecule has 5 nitrogen and oxygen atoms in total. The minimum Gasteiger partial charge on any atom is -0.493 e. The van der Waals surface area contributed by atoms with Crippen LogP contribution in [0.5, 0.6) is 11.5 Å². The van der Waals surface area contributed by atoms with Gasteiger partial charge in [-0.25, -0.2) is 0 Å². The minimum absolute atomic E-state index is 0.0854. The van der Waals surface area contributed by atoms with Crippen molar-refractivity contribution in [1.29, 1.82) is 5.26 Å². The Kier molecular flexibility index (Phi) is 8.87. The molecule has 0 aliphatic rings. The number of anilines is 1. The number of halogens is 4. The topological polar surface area (TPSA) is 71.3 Å². The lowest BCUT2D eigenvalue weighted by molar-refractivity contribution is -0.112. The van der Waals surface area contributed by atoms with Crippen molar-refractivity contribution >= 4 is 68.4 Å². The highest BCUT2D eigenvalue weighted by Gasteiger charge is 2.15. The predicted octanol–water partition coefficient (Wildman–Crippen LogP) is 7.85. The second-order valence-corrected chi connectivity index (χ2v) is 9.26. The molecule has 9 heteroatoms. The van der Waals surface area contributed by atoms with Gasteiger partial charge in [-0.2, -0.15) is 5.26 Å². The number of nitriles is 1. The van der Waals surface area contributed by atoms with Gasteiger partial charge in [0.2, 0.25) is 0 Å². The first-order valence-electron chi connectivity index (χ1n) is 9.85. The number of methoxy groups -OCH3 is 1. The van der Waals surface area contributed by atoms with Crippen molar-refractivity contribution in [3.8, 4) is 17.6 Å². The lowest BCUT2D eigenvalue weighted by Crippen LogP contribution is -2.14. The molecule has 0 saturated carbocycles. The number of benzene rings is 3. The van der Waals surface area contributed by atoms with Crippen LogP contribution in [0.2, 0.25) is 15.1 Å². The number of carbonyl (C=O) groups is 1. The van der Waals surface area contributed by atoms with Crippen LogP contribution in [0.1, 0.15) is 16.7 Å². The Morgan fingerprint density at radius 3 is 2.56 bits per heavy atom. The zero-order valence-corrected chi connectivity index (χ0v) is 21.9. The number of carbonyl (C=O) groups excluding carboxylic acids is 1. The van der Waals surface area contributed by atoms with E-state index in [4.69, 9.17) is 44.3 Å². The molecule has 3 rings (SSSR count). The molecule has 0 spiro atoms. The van der Waals surface area contributed by atoms with Gasteiger partial charge in [0.25, 0.3) is 5.91 Å².